The molecule has 0 amide bonds. The first-order chi connectivity index (χ1) is 9.16. The molecule has 1 atom stereocenters. The van der Waals surface area contributed by atoms with E-state index in [1.54, 1.807) is 6.07 Å². The van der Waals surface area contributed by atoms with Gasteiger partial charge in [-0.1, -0.05) is 24.3 Å². The van der Waals surface area contributed by atoms with E-state index in [1.165, 1.54) is 6.07 Å². The summed E-state index contributed by atoms with van der Waals surface area (Å²) in [5.41, 5.74) is 1.92. The Labute approximate surface area is 109 Å². The third-order valence-corrected chi connectivity index (χ3v) is 3.30. The quantitative estimate of drug-likeness (QED) is 0.901. The van der Waals surface area contributed by atoms with E-state index < -0.39 is 17.7 Å². The summed E-state index contributed by atoms with van der Waals surface area (Å²) >= 11 is 0. The number of aliphatic hydroxyl groups is 1. The van der Waals surface area contributed by atoms with Crippen LogP contribution in [0.2, 0.25) is 0 Å². The van der Waals surface area contributed by atoms with E-state index in [-0.39, 0.29) is 0 Å². The molecule has 19 heavy (non-hydrogen) atoms. The number of halogens is 2. The molecule has 4 heteroatoms. The monoisotopic (exact) mass is 262 g/mol. The van der Waals surface area contributed by atoms with Gasteiger partial charge in [0.15, 0.2) is 11.6 Å². The Morgan fingerprint density at radius 1 is 1.11 bits per heavy atom. The summed E-state index contributed by atoms with van der Waals surface area (Å²) in [4.78, 5) is 0. The van der Waals surface area contributed by atoms with E-state index in [9.17, 15) is 13.9 Å². The molecule has 2 aromatic rings. The average Bonchev–Trinajstić information content (AvgIpc) is 2.89. The van der Waals surface area contributed by atoms with E-state index in [0.29, 0.717) is 23.5 Å². The first kappa shape index (κ1) is 12.1. The van der Waals surface area contributed by atoms with Gasteiger partial charge in [0, 0.05) is 12.0 Å². The zero-order valence-corrected chi connectivity index (χ0v) is 10.1. The molecular weight excluding hydrogens is 250 g/mol. The highest BCUT2D eigenvalue weighted by Crippen LogP contribution is 2.36. The van der Waals surface area contributed by atoms with Gasteiger partial charge in [0.2, 0.25) is 0 Å². The van der Waals surface area contributed by atoms with Crippen molar-refractivity contribution in [2.45, 2.75) is 12.5 Å². The minimum atomic E-state index is -1.02. The first-order valence-corrected chi connectivity index (χ1v) is 6.04. The van der Waals surface area contributed by atoms with Crippen molar-refractivity contribution in [3.05, 3.63) is 64.7 Å². The van der Waals surface area contributed by atoms with Crippen LogP contribution in [0.15, 0.2) is 36.4 Å². The van der Waals surface area contributed by atoms with Gasteiger partial charge in [0.1, 0.15) is 11.9 Å². The zero-order valence-electron chi connectivity index (χ0n) is 10.1. The number of rotatable bonds is 2. The number of hydrogen-bond acceptors (Lipinski definition) is 2. The summed E-state index contributed by atoms with van der Waals surface area (Å²) < 4.78 is 31.6. The van der Waals surface area contributed by atoms with Crippen LogP contribution in [0.1, 0.15) is 22.8 Å². The lowest BCUT2D eigenvalue weighted by Crippen LogP contribution is -2.03. The van der Waals surface area contributed by atoms with Crippen LogP contribution in [0.25, 0.3) is 0 Å². The maximum atomic E-state index is 13.2. The fourth-order valence-corrected chi connectivity index (χ4v) is 2.32. The van der Waals surface area contributed by atoms with E-state index in [1.807, 2.05) is 12.1 Å². The predicted molar refractivity (Wildman–Crippen MR) is 66.1 cm³/mol. The van der Waals surface area contributed by atoms with Crippen molar-refractivity contribution >= 4 is 0 Å². The standard InChI is InChI=1S/C15H12F2O2/c16-12-5-4-10(8-13(12)17)14(18)11-3-1-2-9-6-7-19-15(9)11/h1-5,8,14,18H,6-7H2. The average molecular weight is 262 g/mol. The van der Waals surface area contributed by atoms with Gasteiger partial charge < -0.3 is 9.84 Å². The lowest BCUT2D eigenvalue weighted by molar-refractivity contribution is 0.213. The molecule has 3 rings (SSSR count). The fourth-order valence-electron chi connectivity index (χ4n) is 2.32. The van der Waals surface area contributed by atoms with E-state index in [4.69, 9.17) is 4.74 Å². The second-order valence-electron chi connectivity index (χ2n) is 4.51. The van der Waals surface area contributed by atoms with Crippen molar-refractivity contribution in [1.29, 1.82) is 0 Å². The normalized spacial score (nSPS) is 14.9. The van der Waals surface area contributed by atoms with Crippen molar-refractivity contribution in [3.8, 4) is 5.75 Å². The van der Waals surface area contributed by atoms with E-state index in [0.717, 1.165) is 24.1 Å². The maximum absolute atomic E-state index is 13.2. The van der Waals surface area contributed by atoms with Gasteiger partial charge in [-0.2, -0.15) is 0 Å². The molecule has 0 saturated heterocycles. The van der Waals surface area contributed by atoms with Gasteiger partial charge in [-0.25, -0.2) is 8.78 Å². The largest absolute Gasteiger partial charge is 0.493 e. The summed E-state index contributed by atoms with van der Waals surface area (Å²) in [5, 5.41) is 10.3. The van der Waals surface area contributed by atoms with E-state index >= 15 is 0 Å². The molecule has 0 fully saturated rings. The molecule has 0 radical (unpaired) electrons. The number of para-hydroxylation sites is 1. The Kier molecular flexibility index (Phi) is 2.95. The van der Waals surface area contributed by atoms with Crippen LogP contribution in [0, 0.1) is 11.6 Å². The molecule has 0 aromatic heterocycles. The Bertz CT molecular complexity index is 626. The second-order valence-corrected chi connectivity index (χ2v) is 4.51. The molecule has 0 aliphatic carbocycles. The van der Waals surface area contributed by atoms with Gasteiger partial charge >= 0.3 is 0 Å². The van der Waals surface area contributed by atoms with Crippen LogP contribution in [-0.2, 0) is 6.42 Å². The third-order valence-electron chi connectivity index (χ3n) is 3.30. The van der Waals surface area contributed by atoms with Crippen LogP contribution < -0.4 is 4.74 Å². The van der Waals surface area contributed by atoms with Crippen molar-refractivity contribution < 1.29 is 18.6 Å². The Morgan fingerprint density at radius 3 is 2.74 bits per heavy atom. The molecule has 2 nitrogen and oxygen atoms in total. The Hall–Kier alpha value is -1.94. The van der Waals surface area contributed by atoms with Gasteiger partial charge in [-0.3, -0.25) is 0 Å². The molecule has 1 aliphatic rings. The highest BCUT2D eigenvalue weighted by molar-refractivity contribution is 5.47. The predicted octanol–water partition coefficient (Wildman–Crippen LogP) is 2.98. The zero-order chi connectivity index (χ0) is 13.4. The Balaban J connectivity index is 2.02. The maximum Gasteiger partial charge on any atom is 0.159 e. The van der Waals surface area contributed by atoms with E-state index in [2.05, 4.69) is 0 Å². The molecule has 1 unspecified atom stereocenters. The number of ether oxygens (including phenoxy) is 1. The lowest BCUT2D eigenvalue weighted by Gasteiger charge is -2.15. The second kappa shape index (κ2) is 4.63. The summed E-state index contributed by atoms with van der Waals surface area (Å²) in [6.45, 7) is 0.580. The van der Waals surface area contributed by atoms with Crippen LogP contribution in [-0.4, -0.2) is 11.7 Å². The Morgan fingerprint density at radius 2 is 1.95 bits per heavy atom. The van der Waals surface area contributed by atoms with Crippen LogP contribution >= 0.6 is 0 Å². The smallest absolute Gasteiger partial charge is 0.159 e. The summed E-state index contributed by atoms with van der Waals surface area (Å²) in [5.74, 6) is -1.24. The SMILES string of the molecule is OC(c1ccc(F)c(F)c1)c1cccc2c1OCC2. The highest BCUT2D eigenvalue weighted by Gasteiger charge is 2.22. The van der Waals surface area contributed by atoms with Crippen LogP contribution in [0.5, 0.6) is 5.75 Å². The van der Waals surface area contributed by atoms with Gasteiger partial charge in [-0.05, 0) is 23.3 Å². The third kappa shape index (κ3) is 2.08. The van der Waals surface area contributed by atoms with Gasteiger partial charge in [0.05, 0.1) is 6.61 Å². The van der Waals surface area contributed by atoms with Crippen molar-refractivity contribution in [2.75, 3.05) is 6.61 Å². The molecule has 1 N–H and O–H groups in total. The molecule has 98 valence electrons. The fraction of sp³-hybridized carbons (Fsp3) is 0.200. The van der Waals surface area contributed by atoms with Crippen molar-refractivity contribution in [2.24, 2.45) is 0 Å². The van der Waals surface area contributed by atoms with Gasteiger partial charge in [-0.15, -0.1) is 0 Å². The minimum absolute atomic E-state index is 0.308. The number of aliphatic hydroxyl groups excluding tert-OH is 1. The van der Waals surface area contributed by atoms with Crippen molar-refractivity contribution in [1.82, 2.24) is 0 Å². The molecule has 0 spiro atoms. The summed E-state index contributed by atoms with van der Waals surface area (Å²) in [6, 6.07) is 8.88. The van der Waals surface area contributed by atoms with Crippen molar-refractivity contribution in [3.63, 3.8) is 0 Å². The van der Waals surface area contributed by atoms with Crippen LogP contribution in [0.4, 0.5) is 8.78 Å². The number of benzene rings is 2. The molecule has 0 saturated carbocycles. The molecular formula is C15H12F2O2. The molecule has 1 aliphatic heterocycles. The first-order valence-electron chi connectivity index (χ1n) is 6.04. The van der Waals surface area contributed by atoms with Gasteiger partial charge in [0.25, 0.3) is 0 Å². The number of fused-ring (bicyclic) bond motifs is 1. The highest BCUT2D eigenvalue weighted by atomic mass is 19.2. The van der Waals surface area contributed by atoms with Crippen LogP contribution in [0.3, 0.4) is 0 Å². The summed E-state index contributed by atoms with van der Waals surface area (Å²) in [7, 11) is 0. The molecule has 1 heterocycles. The lowest BCUT2D eigenvalue weighted by atomic mass is 9.98. The topological polar surface area (TPSA) is 29.5 Å². The minimum Gasteiger partial charge on any atom is -0.493 e. The summed E-state index contributed by atoms with van der Waals surface area (Å²) in [6.07, 6.45) is -0.226. The molecule has 2 aromatic carbocycles. The number of hydrogen-bond donors (Lipinski definition) is 1. The molecule has 0 bridgehead atoms.